The topological polar surface area (TPSA) is 108 Å². The Hall–Kier alpha value is -2.58. The first-order valence-electron chi connectivity index (χ1n) is 7.15. The van der Waals surface area contributed by atoms with E-state index < -0.39 is 15.9 Å². The summed E-state index contributed by atoms with van der Waals surface area (Å²) in [5.74, 6) is 0.910. The van der Waals surface area contributed by atoms with E-state index in [1.54, 1.807) is 31.2 Å². The second-order valence-corrected chi connectivity index (χ2v) is 6.93. The number of benzene rings is 2. The predicted octanol–water partition coefficient (Wildman–Crippen LogP) is 1.30. The van der Waals surface area contributed by atoms with Crippen LogP contribution in [0.3, 0.4) is 0 Å². The monoisotopic (exact) mass is 348 g/mol. The number of fused-ring (bicyclic) bond motifs is 1. The van der Waals surface area contributed by atoms with Crippen molar-refractivity contribution in [3.63, 3.8) is 0 Å². The Morgan fingerprint density at radius 3 is 2.67 bits per heavy atom. The zero-order chi connectivity index (χ0) is 17.3. The van der Waals surface area contributed by atoms with E-state index in [2.05, 4.69) is 5.32 Å². The molecule has 1 aliphatic rings. The number of amides is 1. The molecule has 3 N–H and O–H groups in total. The Bertz CT molecular complexity index is 909. The standard InChI is InChI=1S/C16H16N2O5S/c1-10-2-4-12(7-15(10)24(17,20)21)16(19)18-8-11-3-5-13-14(6-11)23-9-22-13/h2-7H,8-9H2,1H3,(H,18,19)(H2,17,20,21). The number of carbonyl (C=O) groups excluding carboxylic acids is 1. The highest BCUT2D eigenvalue weighted by molar-refractivity contribution is 7.89. The van der Waals surface area contributed by atoms with Crippen molar-refractivity contribution in [2.45, 2.75) is 18.4 Å². The van der Waals surface area contributed by atoms with Crippen LogP contribution in [0, 0.1) is 6.92 Å². The molecular weight excluding hydrogens is 332 g/mol. The van der Waals surface area contributed by atoms with Crippen molar-refractivity contribution in [1.29, 1.82) is 0 Å². The van der Waals surface area contributed by atoms with Gasteiger partial charge in [-0.25, -0.2) is 13.6 Å². The summed E-state index contributed by atoms with van der Waals surface area (Å²) in [5, 5.41) is 7.89. The molecule has 3 rings (SSSR count). The summed E-state index contributed by atoms with van der Waals surface area (Å²) in [6.45, 7) is 2.08. The second kappa shape index (κ2) is 6.14. The van der Waals surface area contributed by atoms with Crippen LogP contribution in [0.1, 0.15) is 21.5 Å². The van der Waals surface area contributed by atoms with E-state index >= 15 is 0 Å². The third-order valence-corrected chi connectivity index (χ3v) is 4.70. The maximum atomic E-state index is 12.2. The molecule has 0 aliphatic carbocycles. The number of hydrogen-bond acceptors (Lipinski definition) is 5. The van der Waals surface area contributed by atoms with Crippen LogP contribution in [0.15, 0.2) is 41.3 Å². The molecular formula is C16H16N2O5S. The van der Waals surface area contributed by atoms with Crippen molar-refractivity contribution in [3.8, 4) is 11.5 Å². The lowest BCUT2D eigenvalue weighted by molar-refractivity contribution is 0.0950. The summed E-state index contributed by atoms with van der Waals surface area (Å²) < 4.78 is 33.6. The average molecular weight is 348 g/mol. The number of rotatable bonds is 4. The van der Waals surface area contributed by atoms with Gasteiger partial charge in [-0.15, -0.1) is 0 Å². The molecule has 0 bridgehead atoms. The first-order chi connectivity index (χ1) is 11.3. The Morgan fingerprint density at radius 1 is 1.17 bits per heavy atom. The molecule has 0 unspecified atom stereocenters. The van der Waals surface area contributed by atoms with Crippen LogP contribution in [0.25, 0.3) is 0 Å². The summed E-state index contributed by atoms with van der Waals surface area (Å²) in [7, 11) is -3.87. The zero-order valence-corrected chi connectivity index (χ0v) is 13.7. The van der Waals surface area contributed by atoms with Gasteiger partial charge in [-0.05, 0) is 42.3 Å². The van der Waals surface area contributed by atoms with E-state index in [1.165, 1.54) is 6.07 Å². The Kier molecular flexibility index (Phi) is 4.16. The lowest BCUT2D eigenvalue weighted by atomic mass is 10.1. The summed E-state index contributed by atoms with van der Waals surface area (Å²) in [6.07, 6.45) is 0. The molecule has 0 saturated heterocycles. The zero-order valence-electron chi connectivity index (χ0n) is 12.9. The molecule has 2 aromatic carbocycles. The molecule has 0 saturated carbocycles. The van der Waals surface area contributed by atoms with Gasteiger partial charge in [0.05, 0.1) is 4.90 Å². The highest BCUT2D eigenvalue weighted by Crippen LogP contribution is 2.32. The number of ether oxygens (including phenoxy) is 2. The van der Waals surface area contributed by atoms with Crippen LogP contribution in [-0.4, -0.2) is 21.1 Å². The van der Waals surface area contributed by atoms with Gasteiger partial charge in [0.2, 0.25) is 16.8 Å². The van der Waals surface area contributed by atoms with Crippen LogP contribution < -0.4 is 19.9 Å². The second-order valence-electron chi connectivity index (χ2n) is 5.40. The normalized spacial score (nSPS) is 12.9. The average Bonchev–Trinajstić information content (AvgIpc) is 2.99. The minimum atomic E-state index is -3.87. The van der Waals surface area contributed by atoms with Gasteiger partial charge >= 0.3 is 0 Å². The van der Waals surface area contributed by atoms with Crippen molar-refractivity contribution >= 4 is 15.9 Å². The van der Waals surface area contributed by atoms with Gasteiger partial charge in [-0.2, -0.15) is 0 Å². The number of nitrogens with two attached hydrogens (primary N) is 1. The quantitative estimate of drug-likeness (QED) is 0.866. The molecule has 2 aromatic rings. The van der Waals surface area contributed by atoms with Crippen LogP contribution in [-0.2, 0) is 16.6 Å². The van der Waals surface area contributed by atoms with Gasteiger partial charge in [0.1, 0.15) is 0 Å². The fourth-order valence-electron chi connectivity index (χ4n) is 2.38. The molecule has 0 fully saturated rings. The SMILES string of the molecule is Cc1ccc(C(=O)NCc2ccc3c(c2)OCO3)cc1S(N)(=O)=O. The minimum absolute atomic E-state index is 0.0572. The van der Waals surface area contributed by atoms with Crippen LogP contribution in [0.2, 0.25) is 0 Å². The van der Waals surface area contributed by atoms with Gasteiger partial charge in [-0.3, -0.25) is 4.79 Å². The fraction of sp³-hybridized carbons (Fsp3) is 0.188. The number of sulfonamides is 1. The van der Waals surface area contributed by atoms with E-state index in [4.69, 9.17) is 14.6 Å². The summed E-state index contributed by atoms with van der Waals surface area (Å²) in [6, 6.07) is 9.76. The first-order valence-corrected chi connectivity index (χ1v) is 8.69. The van der Waals surface area contributed by atoms with Crippen molar-refractivity contribution in [2.24, 2.45) is 5.14 Å². The number of nitrogens with one attached hydrogen (secondary N) is 1. The highest BCUT2D eigenvalue weighted by atomic mass is 32.2. The molecule has 1 amide bonds. The molecule has 0 spiro atoms. The number of carbonyl (C=O) groups is 1. The molecule has 0 radical (unpaired) electrons. The molecule has 126 valence electrons. The van der Waals surface area contributed by atoms with E-state index in [0.29, 0.717) is 17.1 Å². The molecule has 0 atom stereocenters. The van der Waals surface area contributed by atoms with Crippen molar-refractivity contribution in [1.82, 2.24) is 5.32 Å². The first kappa shape index (κ1) is 16.3. The maximum Gasteiger partial charge on any atom is 0.251 e. The maximum absolute atomic E-state index is 12.2. The molecule has 0 aromatic heterocycles. The smallest absolute Gasteiger partial charge is 0.251 e. The highest BCUT2D eigenvalue weighted by Gasteiger charge is 2.16. The number of aryl methyl sites for hydroxylation is 1. The molecule has 1 heterocycles. The van der Waals surface area contributed by atoms with Crippen molar-refractivity contribution < 1.29 is 22.7 Å². The minimum Gasteiger partial charge on any atom is -0.454 e. The summed E-state index contributed by atoms with van der Waals surface area (Å²) in [4.78, 5) is 12.2. The Balaban J connectivity index is 1.74. The fourth-order valence-corrected chi connectivity index (χ4v) is 3.19. The van der Waals surface area contributed by atoms with Gasteiger partial charge in [0.15, 0.2) is 11.5 Å². The van der Waals surface area contributed by atoms with Crippen LogP contribution in [0.4, 0.5) is 0 Å². The van der Waals surface area contributed by atoms with Crippen molar-refractivity contribution in [3.05, 3.63) is 53.1 Å². The lowest BCUT2D eigenvalue weighted by Crippen LogP contribution is -2.23. The van der Waals surface area contributed by atoms with E-state index in [-0.39, 0.29) is 23.8 Å². The Morgan fingerprint density at radius 2 is 1.92 bits per heavy atom. The van der Waals surface area contributed by atoms with E-state index in [0.717, 1.165) is 5.56 Å². The summed E-state index contributed by atoms with van der Waals surface area (Å²) >= 11 is 0. The van der Waals surface area contributed by atoms with Gasteiger partial charge in [-0.1, -0.05) is 12.1 Å². The number of primary sulfonamides is 1. The number of hydrogen-bond donors (Lipinski definition) is 2. The van der Waals surface area contributed by atoms with Gasteiger partial charge in [0, 0.05) is 12.1 Å². The molecule has 1 aliphatic heterocycles. The summed E-state index contributed by atoms with van der Waals surface area (Å²) in [5.41, 5.74) is 1.56. The lowest BCUT2D eigenvalue weighted by Gasteiger charge is -2.09. The Labute approximate surface area is 139 Å². The van der Waals surface area contributed by atoms with Crippen molar-refractivity contribution in [2.75, 3.05) is 6.79 Å². The third-order valence-electron chi connectivity index (χ3n) is 3.65. The van der Waals surface area contributed by atoms with Crippen LogP contribution >= 0.6 is 0 Å². The van der Waals surface area contributed by atoms with Crippen LogP contribution in [0.5, 0.6) is 11.5 Å². The molecule has 8 heteroatoms. The van der Waals surface area contributed by atoms with E-state index in [1.807, 2.05) is 6.07 Å². The van der Waals surface area contributed by atoms with Gasteiger partial charge in [0.25, 0.3) is 5.91 Å². The van der Waals surface area contributed by atoms with Gasteiger partial charge < -0.3 is 14.8 Å². The predicted molar refractivity (Wildman–Crippen MR) is 86.3 cm³/mol. The third kappa shape index (κ3) is 3.34. The molecule has 24 heavy (non-hydrogen) atoms. The van der Waals surface area contributed by atoms with E-state index in [9.17, 15) is 13.2 Å². The molecule has 7 nitrogen and oxygen atoms in total. The largest absolute Gasteiger partial charge is 0.454 e.